The van der Waals surface area contributed by atoms with Crippen LogP contribution in [-0.4, -0.2) is 75.0 Å². The second kappa shape index (κ2) is 10.9. The van der Waals surface area contributed by atoms with E-state index >= 15 is 0 Å². The quantitative estimate of drug-likeness (QED) is 0.193. The van der Waals surface area contributed by atoms with Gasteiger partial charge in [0.2, 0.25) is 5.91 Å². The van der Waals surface area contributed by atoms with Crippen molar-refractivity contribution < 1.29 is 24.2 Å². The van der Waals surface area contributed by atoms with Gasteiger partial charge in [-0.3, -0.25) is 14.4 Å². The van der Waals surface area contributed by atoms with Crippen molar-refractivity contribution in [1.82, 2.24) is 4.90 Å². The van der Waals surface area contributed by atoms with Crippen LogP contribution in [0, 0.1) is 11.8 Å². The van der Waals surface area contributed by atoms with Crippen LogP contribution in [-0.2, 0) is 19.1 Å². The molecule has 3 aliphatic heterocycles. The minimum atomic E-state index is -0.834. The molecule has 3 saturated heterocycles. The van der Waals surface area contributed by atoms with Crippen LogP contribution in [0.25, 0.3) is 10.8 Å². The molecule has 200 valence electrons. The van der Waals surface area contributed by atoms with E-state index in [4.69, 9.17) is 4.74 Å². The molecule has 6 atom stereocenters. The van der Waals surface area contributed by atoms with E-state index in [9.17, 15) is 19.5 Å². The molecule has 7 nitrogen and oxygen atoms in total. The third-order valence-corrected chi connectivity index (χ3v) is 11.0. The Bertz CT molecular complexity index is 1290. The van der Waals surface area contributed by atoms with E-state index < -0.39 is 28.6 Å². The van der Waals surface area contributed by atoms with E-state index in [-0.39, 0.29) is 48.2 Å². The van der Waals surface area contributed by atoms with Gasteiger partial charge in [-0.1, -0.05) is 58.4 Å². The van der Waals surface area contributed by atoms with Crippen molar-refractivity contribution in [3.63, 3.8) is 0 Å². The number of alkyl halides is 1. The number of hydrogen-bond donors (Lipinski definition) is 1. The molecule has 1 spiro atoms. The van der Waals surface area contributed by atoms with Gasteiger partial charge in [-0.2, -0.15) is 0 Å². The number of nitrogens with zero attached hydrogens (tertiary/aromatic N) is 2. The van der Waals surface area contributed by atoms with Gasteiger partial charge in [0.25, 0.3) is 5.91 Å². The van der Waals surface area contributed by atoms with Gasteiger partial charge in [0.15, 0.2) is 0 Å². The van der Waals surface area contributed by atoms with Gasteiger partial charge >= 0.3 is 5.97 Å². The van der Waals surface area contributed by atoms with Crippen molar-refractivity contribution in [3.8, 4) is 0 Å². The van der Waals surface area contributed by atoms with Gasteiger partial charge in [-0.15, -0.1) is 24.9 Å². The van der Waals surface area contributed by atoms with Crippen LogP contribution in [0.4, 0.5) is 5.69 Å². The molecule has 1 N–H and O–H groups in total. The van der Waals surface area contributed by atoms with E-state index in [1.54, 1.807) is 28.8 Å². The highest BCUT2D eigenvalue weighted by atomic mass is 79.9. The lowest BCUT2D eigenvalue weighted by Gasteiger charge is -2.37. The second-order valence-electron chi connectivity index (χ2n) is 9.93. The molecule has 5 rings (SSSR count). The molecule has 9 heteroatoms. The Balaban J connectivity index is 1.54. The number of benzene rings is 2. The Hall–Kier alpha value is -2.62. The molecule has 2 aromatic rings. The van der Waals surface area contributed by atoms with Gasteiger partial charge in [0, 0.05) is 28.9 Å². The van der Waals surface area contributed by atoms with E-state index in [2.05, 4.69) is 29.1 Å². The predicted molar refractivity (Wildman–Crippen MR) is 153 cm³/mol. The number of hydrogen-bond acceptors (Lipinski definition) is 6. The van der Waals surface area contributed by atoms with Gasteiger partial charge in [0.1, 0.15) is 6.04 Å². The van der Waals surface area contributed by atoms with Crippen LogP contribution in [0.3, 0.4) is 0 Å². The number of rotatable bonds is 10. The molecule has 0 saturated carbocycles. The first-order valence-corrected chi connectivity index (χ1v) is 14.6. The van der Waals surface area contributed by atoms with Crippen molar-refractivity contribution >= 4 is 61.9 Å². The Morgan fingerprint density at radius 3 is 2.68 bits per heavy atom. The van der Waals surface area contributed by atoms with Crippen LogP contribution in [0.15, 0.2) is 67.8 Å². The highest BCUT2D eigenvalue weighted by Crippen LogP contribution is 2.68. The number of carbonyl (C=O) groups is 3. The van der Waals surface area contributed by atoms with E-state index in [1.807, 2.05) is 42.5 Å². The first kappa shape index (κ1) is 27.0. The summed E-state index contributed by atoms with van der Waals surface area (Å²) >= 11 is 5.30. The summed E-state index contributed by atoms with van der Waals surface area (Å²) in [5, 5.41) is 11.7. The first-order valence-electron chi connectivity index (χ1n) is 12.8. The average molecular weight is 600 g/mol. The summed E-state index contributed by atoms with van der Waals surface area (Å²) in [7, 11) is 0. The molecule has 3 aliphatic rings. The predicted octanol–water partition coefficient (Wildman–Crippen LogP) is 3.94. The van der Waals surface area contributed by atoms with Gasteiger partial charge in [0.05, 0.1) is 29.8 Å². The Morgan fingerprint density at radius 2 is 1.97 bits per heavy atom. The molecule has 2 aromatic carbocycles. The molecule has 2 bridgehead atoms. The molecule has 3 unspecified atom stereocenters. The number of aliphatic hydroxyl groups excluding tert-OH is 1. The summed E-state index contributed by atoms with van der Waals surface area (Å²) in [6.45, 7) is 7.73. The number of aliphatic hydroxyl groups is 1. The van der Waals surface area contributed by atoms with Crippen molar-refractivity contribution in [2.24, 2.45) is 11.8 Å². The van der Waals surface area contributed by atoms with Crippen LogP contribution >= 0.6 is 27.7 Å². The maximum atomic E-state index is 14.5. The smallest absolute Gasteiger partial charge is 0.310 e. The number of amides is 2. The molecule has 2 amide bonds. The summed E-state index contributed by atoms with van der Waals surface area (Å²) in [5.41, 5.74) is 0.707. The number of ether oxygens (including phenoxy) is 1. The van der Waals surface area contributed by atoms with E-state index in [1.165, 1.54) is 4.90 Å². The average Bonchev–Trinajstić information content (AvgIpc) is 3.50. The molecule has 3 fully saturated rings. The number of thioether (sulfide) groups is 1. The third-order valence-electron chi connectivity index (χ3n) is 7.82. The molecule has 3 heterocycles. The van der Waals surface area contributed by atoms with E-state index in [0.29, 0.717) is 18.5 Å². The van der Waals surface area contributed by atoms with Gasteiger partial charge < -0.3 is 19.6 Å². The fourth-order valence-corrected chi connectivity index (χ4v) is 9.90. The normalized spacial score (nSPS) is 29.4. The molecule has 38 heavy (non-hydrogen) atoms. The van der Waals surface area contributed by atoms with Crippen LogP contribution in [0.2, 0.25) is 0 Å². The number of anilines is 1. The topological polar surface area (TPSA) is 87.1 Å². The Morgan fingerprint density at radius 1 is 1.21 bits per heavy atom. The van der Waals surface area contributed by atoms with Crippen molar-refractivity contribution in [1.29, 1.82) is 0 Å². The summed E-state index contributed by atoms with van der Waals surface area (Å²) < 4.78 is 4.73. The Labute approximate surface area is 235 Å². The third kappa shape index (κ3) is 4.28. The van der Waals surface area contributed by atoms with Gasteiger partial charge in [-0.05, 0) is 35.7 Å². The van der Waals surface area contributed by atoms with Crippen molar-refractivity contribution in [2.75, 3.05) is 31.2 Å². The number of carbonyl (C=O) groups excluding carboxylic acids is 3. The van der Waals surface area contributed by atoms with Crippen LogP contribution < -0.4 is 4.90 Å². The Kier molecular flexibility index (Phi) is 7.71. The molecular formula is C29H31BrN2O5S. The summed E-state index contributed by atoms with van der Waals surface area (Å²) in [6, 6.07) is 12.9. The molecule has 0 aromatic heterocycles. The highest BCUT2D eigenvalue weighted by Gasteiger charge is 2.76. The summed E-state index contributed by atoms with van der Waals surface area (Å²) in [6.07, 6.45) is 4.43. The fourth-order valence-electron chi connectivity index (χ4n) is 6.31. The van der Waals surface area contributed by atoms with Gasteiger partial charge in [-0.25, -0.2) is 0 Å². The monoisotopic (exact) mass is 598 g/mol. The zero-order valence-corrected chi connectivity index (χ0v) is 23.4. The lowest BCUT2D eigenvalue weighted by molar-refractivity contribution is -0.154. The van der Waals surface area contributed by atoms with Crippen LogP contribution in [0.5, 0.6) is 0 Å². The second-order valence-corrected chi connectivity index (χ2v) is 12.6. The largest absolute Gasteiger partial charge is 0.465 e. The maximum absolute atomic E-state index is 14.5. The number of likely N-dealkylation sites (tertiary alicyclic amines) is 1. The molecular weight excluding hydrogens is 568 g/mol. The lowest BCUT2D eigenvalue weighted by Crippen LogP contribution is -2.56. The SMILES string of the molecule is C=CCCOC(=O)[C@H]1[C@H]2C(=O)N(CCO)C(C(=O)N(CC=C)c3ccc4ccccc4c3)C23CC(Br)[C@@H]1S3. The zero-order valence-electron chi connectivity index (χ0n) is 21.0. The fraction of sp³-hybridized carbons (Fsp3) is 0.414. The van der Waals surface area contributed by atoms with Crippen LogP contribution in [0.1, 0.15) is 12.8 Å². The number of β-amino-alcohol motifs (C(OH)–C–C–N with tert-alkyl or cyclic N) is 1. The lowest BCUT2D eigenvalue weighted by atomic mass is 9.71. The maximum Gasteiger partial charge on any atom is 0.310 e. The number of esters is 1. The zero-order chi connectivity index (χ0) is 27.0. The summed E-state index contributed by atoms with van der Waals surface area (Å²) in [5.74, 6) is -2.27. The van der Waals surface area contributed by atoms with Crippen molar-refractivity contribution in [2.45, 2.75) is 33.7 Å². The number of fused-ring (bicyclic) bond motifs is 2. The van der Waals surface area contributed by atoms with E-state index in [0.717, 1.165) is 10.8 Å². The standard InChI is InChI=1S/C29H31BrN2O5S/c1-3-5-15-37-28(36)22-23-26(34)32(13-14-33)25(29(23)17-21(30)24(22)38-29)27(35)31(12-4-2)20-11-10-18-8-6-7-9-19(18)16-20/h3-4,6-11,16,21-25,33H,1-2,5,12-15,17H2/t21?,22-,23-,24-,25?,29?/m0/s1. The number of halogens is 1. The summed E-state index contributed by atoms with van der Waals surface area (Å²) in [4.78, 5) is 44.7. The minimum absolute atomic E-state index is 0.0174. The highest BCUT2D eigenvalue weighted by molar-refractivity contribution is 9.09. The van der Waals surface area contributed by atoms with Crippen molar-refractivity contribution in [3.05, 3.63) is 67.8 Å². The molecule has 0 aliphatic carbocycles. The molecule has 0 radical (unpaired) electrons. The first-order chi connectivity index (χ1) is 18.4. The minimum Gasteiger partial charge on any atom is -0.465 e.